The fraction of sp³-hybridized carbons (Fsp3) is 0.333. The van der Waals surface area contributed by atoms with E-state index in [0.717, 1.165) is 31.7 Å². The number of nitrogens with zero attached hydrogens (tertiary/aromatic N) is 2. The summed E-state index contributed by atoms with van der Waals surface area (Å²) in [5, 5.41) is 24.9. The smallest absolute Gasteiger partial charge is 0.148 e. The van der Waals surface area contributed by atoms with Gasteiger partial charge in [0.25, 0.3) is 0 Å². The van der Waals surface area contributed by atoms with Crippen LogP contribution >= 0.6 is 0 Å². The summed E-state index contributed by atoms with van der Waals surface area (Å²) in [5.74, 6) is 1.01. The number of benzene rings is 1. The van der Waals surface area contributed by atoms with Crippen molar-refractivity contribution >= 4 is 5.82 Å². The fourth-order valence-electron chi connectivity index (χ4n) is 2.42. The van der Waals surface area contributed by atoms with Gasteiger partial charge in [-0.15, -0.1) is 10.2 Å². The standard InChI is InChI=1S/C15H18N4O/c20-14-4-2-1-3-12(14)13-5-6-15(19-18-13)17-11-7-9-16-10-8-11/h1-6,11,16,20H,7-10H2,(H,17,19). The molecule has 0 radical (unpaired) electrons. The first kappa shape index (κ1) is 12.9. The van der Waals surface area contributed by atoms with Crippen LogP contribution in [0.5, 0.6) is 5.75 Å². The highest BCUT2D eigenvalue weighted by molar-refractivity contribution is 5.66. The second-order valence-corrected chi connectivity index (χ2v) is 4.99. The number of hydrogen-bond acceptors (Lipinski definition) is 5. The molecule has 5 heteroatoms. The van der Waals surface area contributed by atoms with Crippen molar-refractivity contribution < 1.29 is 5.11 Å². The number of aromatic nitrogens is 2. The van der Waals surface area contributed by atoms with Crippen molar-refractivity contribution in [1.82, 2.24) is 15.5 Å². The number of aromatic hydroxyl groups is 1. The molecule has 0 saturated carbocycles. The molecule has 0 atom stereocenters. The molecule has 2 heterocycles. The van der Waals surface area contributed by atoms with Crippen molar-refractivity contribution in [2.24, 2.45) is 0 Å². The van der Waals surface area contributed by atoms with Gasteiger partial charge in [-0.2, -0.15) is 0 Å². The summed E-state index contributed by atoms with van der Waals surface area (Å²) in [6.45, 7) is 2.09. The lowest BCUT2D eigenvalue weighted by atomic mass is 10.1. The molecule has 1 fully saturated rings. The van der Waals surface area contributed by atoms with Gasteiger partial charge >= 0.3 is 0 Å². The maximum atomic E-state index is 9.80. The summed E-state index contributed by atoms with van der Waals surface area (Å²) in [4.78, 5) is 0. The number of hydrogen-bond donors (Lipinski definition) is 3. The first-order valence-electron chi connectivity index (χ1n) is 6.92. The van der Waals surface area contributed by atoms with E-state index in [1.165, 1.54) is 0 Å². The second-order valence-electron chi connectivity index (χ2n) is 4.99. The molecule has 3 N–H and O–H groups in total. The highest BCUT2D eigenvalue weighted by Gasteiger charge is 2.13. The van der Waals surface area contributed by atoms with Gasteiger partial charge in [-0.3, -0.25) is 0 Å². The average molecular weight is 270 g/mol. The van der Waals surface area contributed by atoms with Crippen LogP contribution in [0.4, 0.5) is 5.82 Å². The number of phenolic OH excluding ortho intramolecular Hbond substituents is 1. The molecule has 104 valence electrons. The Labute approximate surface area is 118 Å². The summed E-state index contributed by atoms with van der Waals surface area (Å²) >= 11 is 0. The van der Waals surface area contributed by atoms with Crippen LogP contribution in [-0.2, 0) is 0 Å². The highest BCUT2D eigenvalue weighted by Crippen LogP contribution is 2.26. The number of rotatable bonds is 3. The van der Waals surface area contributed by atoms with E-state index in [0.29, 0.717) is 17.3 Å². The minimum Gasteiger partial charge on any atom is -0.507 e. The van der Waals surface area contributed by atoms with Crippen molar-refractivity contribution in [3.8, 4) is 17.0 Å². The third-order valence-corrected chi connectivity index (χ3v) is 3.54. The lowest BCUT2D eigenvalue weighted by molar-refractivity contribution is 0.476. The number of para-hydroxylation sites is 1. The van der Waals surface area contributed by atoms with Crippen molar-refractivity contribution in [3.05, 3.63) is 36.4 Å². The van der Waals surface area contributed by atoms with Crippen LogP contribution in [0, 0.1) is 0 Å². The molecule has 0 amide bonds. The molecule has 0 spiro atoms. The van der Waals surface area contributed by atoms with Gasteiger partial charge in [-0.05, 0) is 50.2 Å². The van der Waals surface area contributed by atoms with Crippen molar-refractivity contribution in [1.29, 1.82) is 0 Å². The lowest BCUT2D eigenvalue weighted by Gasteiger charge is -2.23. The molecule has 1 aromatic carbocycles. The molecule has 1 saturated heterocycles. The number of piperidine rings is 1. The Morgan fingerprint density at radius 2 is 1.85 bits per heavy atom. The van der Waals surface area contributed by atoms with Gasteiger partial charge < -0.3 is 15.7 Å². The Bertz CT molecular complexity index is 564. The molecule has 0 unspecified atom stereocenters. The maximum Gasteiger partial charge on any atom is 0.148 e. The van der Waals surface area contributed by atoms with E-state index in [1.807, 2.05) is 24.3 Å². The predicted molar refractivity (Wildman–Crippen MR) is 78.6 cm³/mol. The summed E-state index contributed by atoms with van der Waals surface area (Å²) in [5.41, 5.74) is 1.38. The maximum absolute atomic E-state index is 9.80. The van der Waals surface area contributed by atoms with Crippen molar-refractivity contribution in [2.45, 2.75) is 18.9 Å². The zero-order chi connectivity index (χ0) is 13.8. The van der Waals surface area contributed by atoms with Gasteiger partial charge in [-0.25, -0.2) is 0 Å². The molecular weight excluding hydrogens is 252 g/mol. The van der Waals surface area contributed by atoms with Crippen LogP contribution in [0.2, 0.25) is 0 Å². The second kappa shape index (κ2) is 5.88. The minimum absolute atomic E-state index is 0.223. The molecule has 0 bridgehead atoms. The quantitative estimate of drug-likeness (QED) is 0.796. The summed E-state index contributed by atoms with van der Waals surface area (Å²) < 4.78 is 0. The Morgan fingerprint density at radius 1 is 1.05 bits per heavy atom. The third-order valence-electron chi connectivity index (χ3n) is 3.54. The molecule has 0 aliphatic carbocycles. The lowest BCUT2D eigenvalue weighted by Crippen LogP contribution is -2.35. The monoisotopic (exact) mass is 270 g/mol. The molecular formula is C15H18N4O. The summed E-state index contributed by atoms with van der Waals surface area (Å²) in [6.07, 6.45) is 2.20. The van der Waals surface area contributed by atoms with E-state index in [4.69, 9.17) is 0 Å². The predicted octanol–water partition coefficient (Wildman–Crippen LogP) is 2.01. The molecule has 20 heavy (non-hydrogen) atoms. The molecule has 5 nitrogen and oxygen atoms in total. The first-order valence-corrected chi connectivity index (χ1v) is 6.92. The summed E-state index contributed by atoms with van der Waals surface area (Å²) in [6, 6.07) is 11.4. The molecule has 1 aromatic heterocycles. The first-order chi connectivity index (χ1) is 9.83. The summed E-state index contributed by atoms with van der Waals surface area (Å²) in [7, 11) is 0. The van der Waals surface area contributed by atoms with Gasteiger partial charge in [0.2, 0.25) is 0 Å². The Morgan fingerprint density at radius 3 is 2.55 bits per heavy atom. The van der Waals surface area contributed by atoms with Crippen LogP contribution < -0.4 is 10.6 Å². The van der Waals surface area contributed by atoms with E-state index >= 15 is 0 Å². The fourth-order valence-corrected chi connectivity index (χ4v) is 2.42. The molecule has 3 rings (SSSR count). The molecule has 2 aromatic rings. The van der Waals surface area contributed by atoms with E-state index in [1.54, 1.807) is 12.1 Å². The normalized spacial score (nSPS) is 16.0. The number of phenols is 1. The SMILES string of the molecule is Oc1ccccc1-c1ccc(NC2CCNCC2)nn1. The van der Waals surface area contributed by atoms with Gasteiger partial charge in [0.05, 0.1) is 5.69 Å². The van der Waals surface area contributed by atoms with Crippen LogP contribution in [0.1, 0.15) is 12.8 Å². The molecule has 1 aliphatic rings. The Hall–Kier alpha value is -2.14. The van der Waals surface area contributed by atoms with E-state index < -0.39 is 0 Å². The van der Waals surface area contributed by atoms with Crippen LogP contribution in [0.25, 0.3) is 11.3 Å². The largest absolute Gasteiger partial charge is 0.507 e. The highest BCUT2D eigenvalue weighted by atomic mass is 16.3. The number of anilines is 1. The van der Waals surface area contributed by atoms with Crippen molar-refractivity contribution in [3.63, 3.8) is 0 Å². The van der Waals surface area contributed by atoms with Gasteiger partial charge in [-0.1, -0.05) is 12.1 Å². The van der Waals surface area contributed by atoms with Gasteiger partial charge in [0, 0.05) is 11.6 Å². The molecule has 1 aliphatic heterocycles. The zero-order valence-electron chi connectivity index (χ0n) is 11.2. The third kappa shape index (κ3) is 2.88. The van der Waals surface area contributed by atoms with Gasteiger partial charge in [0.15, 0.2) is 0 Å². The van der Waals surface area contributed by atoms with E-state index in [-0.39, 0.29) is 5.75 Å². The van der Waals surface area contributed by atoms with Gasteiger partial charge in [0.1, 0.15) is 11.6 Å². The van der Waals surface area contributed by atoms with E-state index in [2.05, 4.69) is 20.8 Å². The Kier molecular flexibility index (Phi) is 3.78. The average Bonchev–Trinajstić information content (AvgIpc) is 2.50. The Balaban J connectivity index is 1.73. The van der Waals surface area contributed by atoms with E-state index in [9.17, 15) is 5.11 Å². The van der Waals surface area contributed by atoms with Crippen molar-refractivity contribution in [2.75, 3.05) is 18.4 Å². The van der Waals surface area contributed by atoms with Crippen LogP contribution in [0.3, 0.4) is 0 Å². The topological polar surface area (TPSA) is 70.1 Å². The van der Waals surface area contributed by atoms with Crippen LogP contribution in [0.15, 0.2) is 36.4 Å². The number of nitrogens with one attached hydrogen (secondary N) is 2. The minimum atomic E-state index is 0.223. The zero-order valence-corrected chi connectivity index (χ0v) is 11.2. The van der Waals surface area contributed by atoms with Crippen LogP contribution in [-0.4, -0.2) is 34.4 Å².